The highest BCUT2D eigenvalue weighted by Gasteiger charge is 2.14. The van der Waals surface area contributed by atoms with Gasteiger partial charge in [-0.1, -0.05) is 0 Å². The number of quaternary nitrogens is 1. The molecule has 0 radical (unpaired) electrons. The lowest BCUT2D eigenvalue weighted by Crippen LogP contribution is -3.00. The van der Waals surface area contributed by atoms with Crippen LogP contribution in [0, 0.1) is 0 Å². The summed E-state index contributed by atoms with van der Waals surface area (Å²) in [7, 11) is 0. The van der Waals surface area contributed by atoms with Crippen LogP contribution in [-0.2, 0) is 4.74 Å². The molecule has 0 fully saturated rings. The van der Waals surface area contributed by atoms with Gasteiger partial charge in [0.2, 0.25) is 0 Å². The molecule has 14 heavy (non-hydrogen) atoms. The summed E-state index contributed by atoms with van der Waals surface area (Å²) < 4.78 is 4.81. The molecule has 0 aliphatic heterocycles. The summed E-state index contributed by atoms with van der Waals surface area (Å²) in [5.74, 6) is -0.356. The molecule has 0 amide bonds. The highest BCUT2D eigenvalue weighted by molar-refractivity contribution is 7.09. The molecule has 0 aromatic carbocycles. The SMILES string of the molecule is CCOC(=O)c1csc([C@@H](C)[NH3+])n1.[Cl-]. The number of hydrogen-bond acceptors (Lipinski definition) is 4. The summed E-state index contributed by atoms with van der Waals surface area (Å²) in [6.07, 6.45) is 0. The number of hydrogen-bond donors (Lipinski definition) is 1. The van der Waals surface area contributed by atoms with E-state index in [-0.39, 0.29) is 24.4 Å². The molecule has 0 spiro atoms. The van der Waals surface area contributed by atoms with Crippen LogP contribution in [-0.4, -0.2) is 17.6 Å². The molecule has 80 valence electrons. The predicted octanol–water partition coefficient (Wildman–Crippen LogP) is -2.37. The van der Waals surface area contributed by atoms with Gasteiger partial charge >= 0.3 is 5.97 Å². The molecular formula is C8H13ClN2O2S. The summed E-state index contributed by atoms with van der Waals surface area (Å²) in [6, 6.07) is 0.119. The molecule has 0 saturated heterocycles. The van der Waals surface area contributed by atoms with Gasteiger partial charge in [0.25, 0.3) is 0 Å². The van der Waals surface area contributed by atoms with E-state index in [1.165, 1.54) is 11.3 Å². The minimum absolute atomic E-state index is 0. The molecule has 0 aliphatic carbocycles. The van der Waals surface area contributed by atoms with Crippen molar-refractivity contribution in [2.75, 3.05) is 6.61 Å². The summed E-state index contributed by atoms with van der Waals surface area (Å²) in [4.78, 5) is 15.3. The Morgan fingerprint density at radius 3 is 2.86 bits per heavy atom. The van der Waals surface area contributed by atoms with Crippen LogP contribution in [0.5, 0.6) is 0 Å². The molecule has 0 bridgehead atoms. The van der Waals surface area contributed by atoms with E-state index in [2.05, 4.69) is 10.7 Å². The van der Waals surface area contributed by atoms with E-state index in [1.54, 1.807) is 12.3 Å². The Morgan fingerprint density at radius 2 is 2.43 bits per heavy atom. The minimum Gasteiger partial charge on any atom is -1.00 e. The molecule has 1 heterocycles. The first kappa shape index (κ1) is 13.4. The Kier molecular flexibility index (Phi) is 5.68. The van der Waals surface area contributed by atoms with E-state index >= 15 is 0 Å². The van der Waals surface area contributed by atoms with Crippen molar-refractivity contribution < 1.29 is 27.7 Å². The molecule has 1 aromatic rings. The highest BCUT2D eigenvalue weighted by atomic mass is 35.5. The first-order chi connectivity index (χ1) is 6.15. The van der Waals surface area contributed by atoms with Gasteiger partial charge in [-0.3, -0.25) is 0 Å². The van der Waals surface area contributed by atoms with Gasteiger partial charge in [0.15, 0.2) is 10.7 Å². The molecule has 1 aromatic heterocycles. The normalized spacial score (nSPS) is 11.6. The van der Waals surface area contributed by atoms with Crippen LogP contribution in [0.1, 0.15) is 35.4 Å². The third-order valence-electron chi connectivity index (χ3n) is 1.43. The summed E-state index contributed by atoms with van der Waals surface area (Å²) in [5, 5.41) is 2.57. The van der Waals surface area contributed by atoms with Crippen molar-refractivity contribution in [1.29, 1.82) is 0 Å². The van der Waals surface area contributed by atoms with Crippen LogP contribution < -0.4 is 18.1 Å². The number of aromatic nitrogens is 1. The second kappa shape index (κ2) is 5.95. The maximum Gasteiger partial charge on any atom is 0.357 e. The number of halogens is 1. The van der Waals surface area contributed by atoms with Gasteiger partial charge in [-0.05, 0) is 13.8 Å². The van der Waals surface area contributed by atoms with Crippen molar-refractivity contribution in [1.82, 2.24) is 4.98 Å². The van der Waals surface area contributed by atoms with Gasteiger partial charge in [-0.15, -0.1) is 11.3 Å². The van der Waals surface area contributed by atoms with Crippen LogP contribution in [0.2, 0.25) is 0 Å². The van der Waals surface area contributed by atoms with Crippen LogP contribution >= 0.6 is 11.3 Å². The van der Waals surface area contributed by atoms with Crippen molar-refractivity contribution in [3.05, 3.63) is 16.1 Å². The van der Waals surface area contributed by atoms with Crippen molar-refractivity contribution >= 4 is 17.3 Å². The Balaban J connectivity index is 0.00000169. The Morgan fingerprint density at radius 1 is 1.79 bits per heavy atom. The maximum atomic E-state index is 11.2. The van der Waals surface area contributed by atoms with Gasteiger partial charge in [0, 0.05) is 5.38 Å². The number of carbonyl (C=O) groups is 1. The highest BCUT2D eigenvalue weighted by Crippen LogP contribution is 2.15. The zero-order valence-corrected chi connectivity index (χ0v) is 9.69. The molecule has 0 saturated carbocycles. The molecule has 6 heteroatoms. The lowest BCUT2D eigenvalue weighted by atomic mass is 10.4. The Bertz CT molecular complexity index is 301. The van der Waals surface area contributed by atoms with Crippen LogP contribution in [0.3, 0.4) is 0 Å². The fourth-order valence-electron chi connectivity index (χ4n) is 0.813. The second-order valence-corrected chi connectivity index (χ2v) is 3.58. The second-order valence-electron chi connectivity index (χ2n) is 2.69. The van der Waals surface area contributed by atoms with E-state index < -0.39 is 0 Å². The van der Waals surface area contributed by atoms with Gasteiger partial charge in [-0.25, -0.2) is 9.78 Å². The molecule has 0 unspecified atom stereocenters. The van der Waals surface area contributed by atoms with E-state index in [9.17, 15) is 4.79 Å². The fraction of sp³-hybridized carbons (Fsp3) is 0.500. The lowest BCUT2D eigenvalue weighted by Gasteiger charge is -1.96. The molecule has 4 nitrogen and oxygen atoms in total. The van der Waals surface area contributed by atoms with Crippen LogP contribution in [0.25, 0.3) is 0 Å². The lowest BCUT2D eigenvalue weighted by molar-refractivity contribution is -0.420. The standard InChI is InChI=1S/C8H12N2O2S.ClH/c1-3-12-8(11)6-4-13-7(10-6)5(2)9;/h4-5H,3,9H2,1-2H3;1H/t5-;/m1./s1. The number of rotatable bonds is 3. The maximum absolute atomic E-state index is 11.2. The number of esters is 1. The Hall–Kier alpha value is -0.650. The fourth-order valence-corrected chi connectivity index (χ4v) is 1.58. The van der Waals surface area contributed by atoms with Gasteiger partial charge in [-0.2, -0.15) is 0 Å². The van der Waals surface area contributed by atoms with Crippen LogP contribution in [0.4, 0.5) is 0 Å². The third-order valence-corrected chi connectivity index (χ3v) is 2.50. The zero-order chi connectivity index (χ0) is 9.84. The van der Waals surface area contributed by atoms with E-state index in [4.69, 9.17) is 4.74 Å². The first-order valence-electron chi connectivity index (χ1n) is 4.10. The quantitative estimate of drug-likeness (QED) is 0.597. The van der Waals surface area contributed by atoms with Crippen molar-refractivity contribution in [3.8, 4) is 0 Å². The van der Waals surface area contributed by atoms with Gasteiger partial charge in [0.05, 0.1) is 6.61 Å². The number of carbonyl (C=O) groups excluding carboxylic acids is 1. The van der Waals surface area contributed by atoms with E-state index in [0.29, 0.717) is 12.3 Å². The minimum atomic E-state index is -0.356. The van der Waals surface area contributed by atoms with Crippen molar-refractivity contribution in [2.24, 2.45) is 0 Å². The average molecular weight is 237 g/mol. The third kappa shape index (κ3) is 3.25. The predicted molar refractivity (Wildman–Crippen MR) is 49.4 cm³/mol. The number of nitrogens with zero attached hydrogens (tertiary/aromatic N) is 1. The molecule has 3 N–H and O–H groups in total. The monoisotopic (exact) mass is 236 g/mol. The topological polar surface area (TPSA) is 66.8 Å². The van der Waals surface area contributed by atoms with Crippen LogP contribution in [0.15, 0.2) is 5.38 Å². The molecule has 0 aliphatic rings. The van der Waals surface area contributed by atoms with Crippen molar-refractivity contribution in [2.45, 2.75) is 19.9 Å². The average Bonchev–Trinajstić information content (AvgIpc) is 2.52. The van der Waals surface area contributed by atoms with E-state index in [0.717, 1.165) is 5.01 Å². The van der Waals surface area contributed by atoms with Gasteiger partial charge < -0.3 is 22.9 Å². The smallest absolute Gasteiger partial charge is 0.357 e. The zero-order valence-electron chi connectivity index (χ0n) is 8.12. The number of thiazole rings is 1. The molecular weight excluding hydrogens is 224 g/mol. The van der Waals surface area contributed by atoms with E-state index in [1.807, 2.05) is 6.92 Å². The number of ether oxygens (including phenoxy) is 1. The summed E-state index contributed by atoms with van der Waals surface area (Å²) in [5.41, 5.74) is 4.21. The Labute approximate surface area is 92.9 Å². The summed E-state index contributed by atoms with van der Waals surface area (Å²) >= 11 is 1.44. The molecule has 1 rings (SSSR count). The van der Waals surface area contributed by atoms with Gasteiger partial charge in [0.1, 0.15) is 6.04 Å². The molecule has 1 atom stereocenters. The summed E-state index contributed by atoms with van der Waals surface area (Å²) in [6.45, 7) is 4.09. The largest absolute Gasteiger partial charge is 1.00 e. The first-order valence-corrected chi connectivity index (χ1v) is 4.98. The van der Waals surface area contributed by atoms with Crippen molar-refractivity contribution in [3.63, 3.8) is 0 Å².